The van der Waals surface area contributed by atoms with Gasteiger partial charge < -0.3 is 16.2 Å². The summed E-state index contributed by atoms with van der Waals surface area (Å²) < 4.78 is 12.9. The third kappa shape index (κ3) is 4.38. The van der Waals surface area contributed by atoms with Crippen LogP contribution in [0, 0.1) is 5.82 Å². The number of nitrogens with one attached hydrogen (secondary N) is 1. The van der Waals surface area contributed by atoms with E-state index in [0.717, 1.165) is 0 Å². The van der Waals surface area contributed by atoms with E-state index in [4.69, 9.17) is 10.8 Å². The van der Waals surface area contributed by atoms with Crippen LogP contribution >= 0.6 is 0 Å². The van der Waals surface area contributed by atoms with Crippen molar-refractivity contribution in [2.75, 3.05) is 37.8 Å². The molecule has 0 spiro atoms. The lowest BCUT2D eigenvalue weighted by Crippen LogP contribution is -2.32. The maximum absolute atomic E-state index is 12.9. The highest BCUT2D eigenvalue weighted by Crippen LogP contribution is 2.18. The van der Waals surface area contributed by atoms with E-state index in [2.05, 4.69) is 5.32 Å². The Morgan fingerprint density at radius 1 is 1.59 bits per heavy atom. The van der Waals surface area contributed by atoms with Crippen LogP contribution in [0.3, 0.4) is 0 Å². The molecule has 1 amide bonds. The molecule has 0 unspecified atom stereocenters. The Morgan fingerprint density at radius 3 is 2.94 bits per heavy atom. The first kappa shape index (κ1) is 13.4. The Bertz CT molecular complexity index is 398. The van der Waals surface area contributed by atoms with Crippen LogP contribution in [0.15, 0.2) is 18.2 Å². The second-order valence-electron chi connectivity index (χ2n) is 3.74. The van der Waals surface area contributed by atoms with Crippen LogP contribution < -0.4 is 11.1 Å². The molecule has 0 aliphatic heterocycles. The summed E-state index contributed by atoms with van der Waals surface area (Å²) in [5.74, 6) is -0.767. The van der Waals surface area contributed by atoms with Gasteiger partial charge in [0.2, 0.25) is 5.91 Å². The average molecular weight is 241 g/mol. The zero-order chi connectivity index (χ0) is 12.8. The van der Waals surface area contributed by atoms with E-state index in [1.807, 2.05) is 0 Å². The fourth-order valence-electron chi connectivity index (χ4n) is 1.32. The molecular weight excluding hydrogens is 225 g/mol. The van der Waals surface area contributed by atoms with E-state index in [1.54, 1.807) is 11.9 Å². The zero-order valence-electron chi connectivity index (χ0n) is 9.61. The van der Waals surface area contributed by atoms with E-state index in [0.29, 0.717) is 12.2 Å². The Hall–Kier alpha value is -1.66. The van der Waals surface area contributed by atoms with Crippen molar-refractivity contribution in [1.29, 1.82) is 0 Å². The molecule has 5 nitrogen and oxygen atoms in total. The molecule has 1 rings (SSSR count). The summed E-state index contributed by atoms with van der Waals surface area (Å²) in [6.07, 6.45) is 0. The third-order valence-electron chi connectivity index (χ3n) is 2.18. The number of nitrogens with two attached hydrogens (primary N) is 1. The number of carbonyl (C=O) groups excluding carboxylic acids is 1. The smallest absolute Gasteiger partial charge is 0.238 e. The number of anilines is 2. The summed E-state index contributed by atoms with van der Waals surface area (Å²) in [4.78, 5) is 13.2. The van der Waals surface area contributed by atoms with Gasteiger partial charge in [-0.25, -0.2) is 4.39 Å². The number of halogens is 1. The molecule has 0 aliphatic carbocycles. The van der Waals surface area contributed by atoms with E-state index < -0.39 is 5.82 Å². The zero-order valence-corrected chi connectivity index (χ0v) is 9.61. The SMILES string of the molecule is CN(CCO)CC(=O)Nc1cc(F)ccc1N. The van der Waals surface area contributed by atoms with Crippen molar-refractivity contribution in [1.82, 2.24) is 4.90 Å². The van der Waals surface area contributed by atoms with Crippen molar-refractivity contribution in [3.05, 3.63) is 24.0 Å². The van der Waals surface area contributed by atoms with Gasteiger partial charge in [-0.3, -0.25) is 9.69 Å². The summed E-state index contributed by atoms with van der Waals surface area (Å²) in [6, 6.07) is 3.78. The van der Waals surface area contributed by atoms with Crippen LogP contribution in [0.2, 0.25) is 0 Å². The number of benzene rings is 1. The summed E-state index contributed by atoms with van der Waals surface area (Å²) in [5, 5.41) is 11.2. The number of aliphatic hydroxyl groups excluding tert-OH is 1. The number of carbonyl (C=O) groups is 1. The minimum absolute atomic E-state index is 0.0219. The van der Waals surface area contributed by atoms with E-state index >= 15 is 0 Å². The van der Waals surface area contributed by atoms with Crippen molar-refractivity contribution in [3.8, 4) is 0 Å². The topological polar surface area (TPSA) is 78.6 Å². The fourth-order valence-corrected chi connectivity index (χ4v) is 1.32. The maximum Gasteiger partial charge on any atom is 0.238 e. The van der Waals surface area contributed by atoms with Gasteiger partial charge in [0.05, 0.1) is 24.5 Å². The van der Waals surface area contributed by atoms with Crippen molar-refractivity contribution in [2.24, 2.45) is 0 Å². The van der Waals surface area contributed by atoms with Gasteiger partial charge in [-0.1, -0.05) is 0 Å². The molecule has 0 bridgehead atoms. The minimum Gasteiger partial charge on any atom is -0.397 e. The van der Waals surface area contributed by atoms with Crippen LogP contribution in [0.4, 0.5) is 15.8 Å². The van der Waals surface area contributed by atoms with Gasteiger partial charge in [0.1, 0.15) is 5.82 Å². The number of aliphatic hydroxyl groups is 1. The number of hydrogen-bond donors (Lipinski definition) is 3. The average Bonchev–Trinajstić information content (AvgIpc) is 2.23. The highest BCUT2D eigenvalue weighted by Gasteiger charge is 2.08. The van der Waals surface area contributed by atoms with Crippen molar-refractivity contribution < 1.29 is 14.3 Å². The van der Waals surface area contributed by atoms with Gasteiger partial charge in [-0.15, -0.1) is 0 Å². The molecule has 0 heterocycles. The number of likely N-dealkylation sites (N-methyl/N-ethyl adjacent to an activating group) is 1. The number of rotatable bonds is 5. The number of amides is 1. The van der Waals surface area contributed by atoms with Gasteiger partial charge in [0.15, 0.2) is 0 Å². The minimum atomic E-state index is -0.460. The van der Waals surface area contributed by atoms with Gasteiger partial charge in [-0.05, 0) is 25.2 Å². The number of nitrogen functional groups attached to an aromatic ring is 1. The van der Waals surface area contributed by atoms with Gasteiger partial charge in [-0.2, -0.15) is 0 Å². The van der Waals surface area contributed by atoms with Crippen molar-refractivity contribution >= 4 is 17.3 Å². The largest absolute Gasteiger partial charge is 0.397 e. The predicted molar refractivity (Wildman–Crippen MR) is 64.0 cm³/mol. The van der Waals surface area contributed by atoms with E-state index in [1.165, 1.54) is 18.2 Å². The molecule has 4 N–H and O–H groups in total. The molecule has 0 fully saturated rings. The molecule has 94 valence electrons. The Morgan fingerprint density at radius 2 is 2.29 bits per heavy atom. The quantitative estimate of drug-likeness (QED) is 0.647. The molecule has 1 aromatic rings. The molecule has 17 heavy (non-hydrogen) atoms. The van der Waals surface area contributed by atoms with Crippen LogP contribution in [-0.2, 0) is 4.79 Å². The van der Waals surface area contributed by atoms with E-state index in [-0.39, 0.29) is 24.7 Å². The summed E-state index contributed by atoms with van der Waals surface area (Å²) in [6.45, 7) is 0.481. The molecule has 0 aliphatic rings. The number of hydrogen-bond acceptors (Lipinski definition) is 4. The highest BCUT2D eigenvalue weighted by molar-refractivity contribution is 5.95. The summed E-state index contributed by atoms with van der Waals surface area (Å²) >= 11 is 0. The van der Waals surface area contributed by atoms with Gasteiger partial charge in [0.25, 0.3) is 0 Å². The van der Waals surface area contributed by atoms with Crippen LogP contribution in [-0.4, -0.2) is 42.7 Å². The first-order chi connectivity index (χ1) is 8.02. The lowest BCUT2D eigenvalue weighted by molar-refractivity contribution is -0.117. The van der Waals surface area contributed by atoms with Crippen molar-refractivity contribution in [3.63, 3.8) is 0 Å². The highest BCUT2D eigenvalue weighted by atomic mass is 19.1. The molecule has 6 heteroatoms. The van der Waals surface area contributed by atoms with E-state index in [9.17, 15) is 9.18 Å². The normalized spacial score (nSPS) is 10.6. The van der Waals surface area contributed by atoms with Crippen LogP contribution in [0.5, 0.6) is 0 Å². The van der Waals surface area contributed by atoms with Crippen molar-refractivity contribution in [2.45, 2.75) is 0 Å². The second-order valence-corrected chi connectivity index (χ2v) is 3.74. The molecule has 1 aromatic carbocycles. The third-order valence-corrected chi connectivity index (χ3v) is 2.18. The lowest BCUT2D eigenvalue weighted by Gasteiger charge is -2.15. The second kappa shape index (κ2) is 6.17. The Balaban J connectivity index is 2.58. The summed E-state index contributed by atoms with van der Waals surface area (Å²) in [7, 11) is 1.70. The Labute approximate surface area is 99.0 Å². The lowest BCUT2D eigenvalue weighted by atomic mass is 10.2. The van der Waals surface area contributed by atoms with Crippen LogP contribution in [0.1, 0.15) is 0 Å². The molecule has 0 aromatic heterocycles. The first-order valence-corrected chi connectivity index (χ1v) is 5.17. The standard InChI is InChI=1S/C11H16FN3O2/c1-15(4-5-16)7-11(17)14-10-6-8(12)2-3-9(10)13/h2-3,6,16H,4-5,7,13H2,1H3,(H,14,17). The fraction of sp³-hybridized carbons (Fsp3) is 0.364. The molecule has 0 saturated carbocycles. The molecule has 0 atom stereocenters. The molecule has 0 radical (unpaired) electrons. The summed E-state index contributed by atoms with van der Waals surface area (Å²) in [5.41, 5.74) is 6.16. The first-order valence-electron chi connectivity index (χ1n) is 5.17. The number of nitrogens with zero attached hydrogens (tertiary/aromatic N) is 1. The molecule has 0 saturated heterocycles. The van der Waals surface area contributed by atoms with Crippen LogP contribution in [0.25, 0.3) is 0 Å². The van der Waals surface area contributed by atoms with Gasteiger partial charge >= 0.3 is 0 Å². The Kier molecular flexibility index (Phi) is 4.86. The maximum atomic E-state index is 12.9. The molecular formula is C11H16FN3O2. The monoisotopic (exact) mass is 241 g/mol. The van der Waals surface area contributed by atoms with Gasteiger partial charge in [0, 0.05) is 6.54 Å². The predicted octanol–water partition coefficient (Wildman–Crippen LogP) is 0.270.